The lowest BCUT2D eigenvalue weighted by atomic mass is 9.93. The lowest BCUT2D eigenvalue weighted by Gasteiger charge is -2.36. The zero-order valence-electron chi connectivity index (χ0n) is 21.4. The number of carbonyl (C=O) groups is 3. The van der Waals surface area contributed by atoms with Gasteiger partial charge in [0.05, 0.1) is 27.2 Å². The predicted octanol–water partition coefficient (Wildman–Crippen LogP) is 2.66. The molecule has 2 aliphatic rings. The number of amides is 1. The van der Waals surface area contributed by atoms with Gasteiger partial charge in [-0.15, -0.1) is 0 Å². The Morgan fingerprint density at radius 2 is 1.54 bits per heavy atom. The van der Waals surface area contributed by atoms with Gasteiger partial charge >= 0.3 is 11.9 Å². The molecule has 0 radical (unpaired) electrons. The van der Waals surface area contributed by atoms with E-state index in [9.17, 15) is 4.79 Å². The first kappa shape index (κ1) is 27.8. The molecule has 2 aromatic carbocycles. The van der Waals surface area contributed by atoms with Gasteiger partial charge in [-0.3, -0.25) is 9.69 Å². The summed E-state index contributed by atoms with van der Waals surface area (Å²) in [4.78, 5) is 35.9. The van der Waals surface area contributed by atoms with Crippen molar-refractivity contribution in [2.45, 2.75) is 32.4 Å². The van der Waals surface area contributed by atoms with Gasteiger partial charge < -0.3 is 29.3 Å². The molecule has 37 heavy (non-hydrogen) atoms. The minimum atomic E-state index is -1.82. The highest BCUT2D eigenvalue weighted by Crippen LogP contribution is 2.38. The maximum Gasteiger partial charge on any atom is 0.414 e. The Morgan fingerprint density at radius 3 is 2.11 bits per heavy atom. The third-order valence-corrected chi connectivity index (χ3v) is 6.61. The van der Waals surface area contributed by atoms with E-state index in [4.69, 9.17) is 34.0 Å². The van der Waals surface area contributed by atoms with Gasteiger partial charge in [0.25, 0.3) is 0 Å². The standard InChI is InChI=1S/C25H32N2O4.C2H2O4/c1-29-22-13-18(14-23(30-2)24(22)31-3)15-26-11-6-9-21(16-26)25(28)27-12-10-19-7-4-5-8-20(19)17-27;3-1(4)2(5)6/h4-5,7-8,13-14,21H,6,9-12,15-17H2,1-3H3;(H,3,4)(H,5,6). The van der Waals surface area contributed by atoms with Crippen LogP contribution in [-0.4, -0.2) is 78.8 Å². The van der Waals surface area contributed by atoms with E-state index < -0.39 is 11.9 Å². The Bertz CT molecular complexity index is 1080. The predicted molar refractivity (Wildman–Crippen MR) is 135 cm³/mol. The van der Waals surface area contributed by atoms with Crippen LogP contribution < -0.4 is 14.2 Å². The zero-order valence-corrected chi connectivity index (χ0v) is 21.4. The SMILES string of the molecule is COc1cc(CN2CCCC(C(=O)N3CCc4ccccc4C3)C2)cc(OC)c1OC.O=C(O)C(=O)O. The van der Waals surface area contributed by atoms with Gasteiger partial charge in [-0.25, -0.2) is 9.59 Å². The summed E-state index contributed by atoms with van der Waals surface area (Å²) in [5.74, 6) is -1.37. The molecule has 2 aliphatic heterocycles. The molecule has 0 aromatic heterocycles. The molecule has 1 saturated heterocycles. The topological polar surface area (TPSA) is 126 Å². The Kier molecular flexibility index (Phi) is 9.73. The molecule has 10 heteroatoms. The monoisotopic (exact) mass is 514 g/mol. The van der Waals surface area contributed by atoms with Gasteiger partial charge in [-0.05, 0) is 54.6 Å². The molecular formula is C27H34N2O8. The highest BCUT2D eigenvalue weighted by Gasteiger charge is 2.31. The van der Waals surface area contributed by atoms with Crippen molar-refractivity contribution in [1.29, 1.82) is 0 Å². The average Bonchev–Trinajstić information content (AvgIpc) is 2.92. The molecule has 1 unspecified atom stereocenters. The van der Waals surface area contributed by atoms with Crippen molar-refractivity contribution in [2.24, 2.45) is 5.92 Å². The number of hydrogen-bond donors (Lipinski definition) is 2. The second-order valence-corrected chi connectivity index (χ2v) is 9.00. The molecule has 4 rings (SSSR count). The van der Waals surface area contributed by atoms with Crippen LogP contribution in [0.1, 0.15) is 29.5 Å². The van der Waals surface area contributed by atoms with E-state index in [0.717, 1.165) is 57.5 Å². The lowest BCUT2D eigenvalue weighted by molar-refractivity contribution is -0.159. The van der Waals surface area contributed by atoms with Crippen molar-refractivity contribution >= 4 is 17.8 Å². The maximum atomic E-state index is 13.3. The van der Waals surface area contributed by atoms with Crippen molar-refractivity contribution in [1.82, 2.24) is 9.80 Å². The van der Waals surface area contributed by atoms with Crippen LogP contribution in [0.5, 0.6) is 17.2 Å². The number of methoxy groups -OCH3 is 3. The van der Waals surface area contributed by atoms with E-state index >= 15 is 0 Å². The van der Waals surface area contributed by atoms with Gasteiger partial charge in [0, 0.05) is 26.2 Å². The van der Waals surface area contributed by atoms with E-state index in [1.54, 1.807) is 21.3 Å². The number of benzene rings is 2. The largest absolute Gasteiger partial charge is 0.493 e. The number of carboxylic acid groups (broad SMARTS) is 2. The van der Waals surface area contributed by atoms with Gasteiger partial charge in [0.2, 0.25) is 11.7 Å². The normalized spacial score (nSPS) is 17.1. The van der Waals surface area contributed by atoms with Crippen LogP contribution in [0.15, 0.2) is 36.4 Å². The second-order valence-electron chi connectivity index (χ2n) is 9.00. The molecule has 0 saturated carbocycles. The summed E-state index contributed by atoms with van der Waals surface area (Å²) in [6, 6.07) is 12.5. The number of ether oxygens (including phenoxy) is 3. The van der Waals surface area contributed by atoms with Crippen LogP contribution >= 0.6 is 0 Å². The Labute approximate surface area is 216 Å². The number of rotatable bonds is 6. The summed E-state index contributed by atoms with van der Waals surface area (Å²) in [6.07, 6.45) is 2.94. The molecule has 10 nitrogen and oxygen atoms in total. The first-order valence-corrected chi connectivity index (χ1v) is 12.1. The molecule has 0 bridgehead atoms. The summed E-state index contributed by atoms with van der Waals surface area (Å²) in [6.45, 7) is 4.08. The molecule has 200 valence electrons. The van der Waals surface area contributed by atoms with Gasteiger partial charge in [0.1, 0.15) is 0 Å². The third-order valence-electron chi connectivity index (χ3n) is 6.61. The van der Waals surface area contributed by atoms with Crippen LogP contribution in [-0.2, 0) is 33.9 Å². The minimum Gasteiger partial charge on any atom is -0.493 e. The molecule has 1 amide bonds. The Balaban J connectivity index is 0.000000568. The van der Waals surface area contributed by atoms with Crippen molar-refractivity contribution < 1.29 is 38.8 Å². The number of likely N-dealkylation sites (tertiary alicyclic amines) is 1. The molecule has 2 N–H and O–H groups in total. The van der Waals surface area contributed by atoms with Gasteiger partial charge in [-0.1, -0.05) is 24.3 Å². The molecule has 2 aromatic rings. The smallest absolute Gasteiger partial charge is 0.414 e. The fraction of sp³-hybridized carbons (Fsp3) is 0.444. The Morgan fingerprint density at radius 1 is 0.919 bits per heavy atom. The number of nitrogens with zero attached hydrogens (tertiary/aromatic N) is 2. The maximum absolute atomic E-state index is 13.3. The first-order chi connectivity index (χ1) is 17.8. The zero-order chi connectivity index (χ0) is 26.9. The summed E-state index contributed by atoms with van der Waals surface area (Å²) in [5.41, 5.74) is 3.75. The number of carbonyl (C=O) groups excluding carboxylic acids is 1. The van der Waals surface area contributed by atoms with E-state index in [-0.39, 0.29) is 5.92 Å². The number of hydrogen-bond acceptors (Lipinski definition) is 7. The fourth-order valence-corrected chi connectivity index (χ4v) is 4.83. The molecular weight excluding hydrogens is 480 g/mol. The quantitative estimate of drug-likeness (QED) is 0.560. The van der Waals surface area contributed by atoms with E-state index in [2.05, 4.69) is 34.1 Å². The van der Waals surface area contributed by atoms with Crippen LogP contribution in [0.25, 0.3) is 0 Å². The van der Waals surface area contributed by atoms with Crippen LogP contribution in [0.2, 0.25) is 0 Å². The highest BCUT2D eigenvalue weighted by molar-refractivity contribution is 6.27. The van der Waals surface area contributed by atoms with Gasteiger partial charge in [-0.2, -0.15) is 0 Å². The van der Waals surface area contributed by atoms with Crippen molar-refractivity contribution in [3.05, 3.63) is 53.1 Å². The average molecular weight is 515 g/mol. The van der Waals surface area contributed by atoms with Crippen LogP contribution in [0.3, 0.4) is 0 Å². The number of carboxylic acids is 2. The summed E-state index contributed by atoms with van der Waals surface area (Å²) < 4.78 is 16.4. The molecule has 0 spiro atoms. The second kappa shape index (κ2) is 13.0. The highest BCUT2D eigenvalue weighted by atomic mass is 16.5. The fourth-order valence-electron chi connectivity index (χ4n) is 4.83. The van der Waals surface area contributed by atoms with Crippen molar-refractivity contribution in [3.63, 3.8) is 0 Å². The number of aliphatic carboxylic acids is 2. The summed E-state index contributed by atoms with van der Waals surface area (Å²) >= 11 is 0. The molecule has 1 atom stereocenters. The summed E-state index contributed by atoms with van der Waals surface area (Å²) in [5, 5.41) is 14.8. The van der Waals surface area contributed by atoms with Crippen molar-refractivity contribution in [3.8, 4) is 17.2 Å². The summed E-state index contributed by atoms with van der Waals surface area (Å²) in [7, 11) is 4.88. The van der Waals surface area contributed by atoms with Crippen molar-refractivity contribution in [2.75, 3.05) is 41.0 Å². The third kappa shape index (κ3) is 7.13. The Hall–Kier alpha value is -3.79. The van der Waals surface area contributed by atoms with Crippen LogP contribution in [0.4, 0.5) is 0 Å². The number of piperidine rings is 1. The first-order valence-electron chi connectivity index (χ1n) is 12.1. The van der Waals surface area contributed by atoms with E-state index in [1.807, 2.05) is 12.1 Å². The minimum absolute atomic E-state index is 0.0565. The molecule has 1 fully saturated rings. The van der Waals surface area contributed by atoms with Crippen LogP contribution in [0, 0.1) is 5.92 Å². The molecule has 0 aliphatic carbocycles. The molecule has 2 heterocycles. The van der Waals surface area contributed by atoms with Gasteiger partial charge in [0.15, 0.2) is 11.5 Å². The lowest BCUT2D eigenvalue weighted by Crippen LogP contribution is -2.46. The van der Waals surface area contributed by atoms with E-state index in [1.165, 1.54) is 11.1 Å². The van der Waals surface area contributed by atoms with E-state index in [0.29, 0.717) is 23.2 Å². The number of fused-ring (bicyclic) bond motifs is 1.